The Morgan fingerprint density at radius 2 is 1.59 bits per heavy atom. The lowest BCUT2D eigenvalue weighted by atomic mass is 9.86. The minimum atomic E-state index is -0.935. The van der Waals surface area contributed by atoms with E-state index in [1.807, 2.05) is 18.3 Å². The van der Waals surface area contributed by atoms with Gasteiger partial charge in [0.05, 0.1) is 24.2 Å². The molecule has 0 bridgehead atoms. The van der Waals surface area contributed by atoms with Gasteiger partial charge in [0.25, 0.3) is 5.91 Å². The molecule has 0 aliphatic rings. The molecule has 0 fully saturated rings. The molecule has 1 atom stereocenters. The molecule has 1 heterocycles. The average molecular weight is 526 g/mol. The highest BCUT2D eigenvalue weighted by Crippen LogP contribution is 2.32. The third-order valence-electron chi connectivity index (χ3n) is 7.17. The predicted octanol–water partition coefficient (Wildman–Crippen LogP) is 7.23. The van der Waals surface area contributed by atoms with Crippen molar-refractivity contribution in [1.29, 1.82) is 0 Å². The molecule has 204 valence electrons. The van der Waals surface area contributed by atoms with Gasteiger partial charge in [-0.15, -0.1) is 0 Å². The fraction of sp³-hybridized carbons (Fsp3) is 0.364. The highest BCUT2D eigenvalue weighted by molar-refractivity contribution is 5.94. The minimum Gasteiger partial charge on any atom is -0.481 e. The van der Waals surface area contributed by atoms with Crippen molar-refractivity contribution in [1.82, 2.24) is 15.1 Å². The lowest BCUT2D eigenvalue weighted by molar-refractivity contribution is -0.136. The normalized spacial score (nSPS) is 12.6. The van der Waals surface area contributed by atoms with Gasteiger partial charge in [0.15, 0.2) is 0 Å². The number of aromatic nitrogens is 2. The molecule has 3 aromatic carbocycles. The molecule has 6 heteroatoms. The van der Waals surface area contributed by atoms with Gasteiger partial charge in [-0.25, -0.2) is 0 Å². The first-order valence-electron chi connectivity index (χ1n) is 13.7. The number of benzene rings is 3. The van der Waals surface area contributed by atoms with Crippen LogP contribution in [0, 0.1) is 5.92 Å². The third kappa shape index (κ3) is 6.94. The van der Waals surface area contributed by atoms with Gasteiger partial charge in [-0.3, -0.25) is 14.3 Å². The Morgan fingerprint density at radius 3 is 2.21 bits per heavy atom. The van der Waals surface area contributed by atoms with Crippen molar-refractivity contribution in [2.75, 3.05) is 6.54 Å². The monoisotopic (exact) mass is 525 g/mol. The second kappa shape index (κ2) is 11.9. The number of carboxylic acid groups (broad SMARTS) is 1. The van der Waals surface area contributed by atoms with Gasteiger partial charge in [0.1, 0.15) is 0 Å². The molecule has 4 aromatic rings. The topological polar surface area (TPSA) is 84.2 Å². The molecular weight excluding hydrogens is 486 g/mol. The van der Waals surface area contributed by atoms with Gasteiger partial charge in [-0.1, -0.05) is 77.1 Å². The van der Waals surface area contributed by atoms with Gasteiger partial charge < -0.3 is 10.4 Å². The molecule has 0 aliphatic heterocycles. The van der Waals surface area contributed by atoms with Crippen LogP contribution < -0.4 is 5.32 Å². The van der Waals surface area contributed by atoms with Crippen LogP contribution in [0.25, 0.3) is 22.0 Å². The van der Waals surface area contributed by atoms with Gasteiger partial charge >= 0.3 is 5.97 Å². The van der Waals surface area contributed by atoms with E-state index in [-0.39, 0.29) is 30.3 Å². The van der Waals surface area contributed by atoms with Crippen LogP contribution in [0.3, 0.4) is 0 Å². The lowest BCUT2D eigenvalue weighted by Gasteiger charge is -2.21. The Labute approximate surface area is 231 Å². The minimum absolute atomic E-state index is 0.0333. The number of nitrogens with one attached hydrogen (secondary N) is 1. The van der Waals surface area contributed by atoms with E-state index < -0.39 is 5.97 Å². The number of carbonyl (C=O) groups is 2. The summed E-state index contributed by atoms with van der Waals surface area (Å²) in [7, 11) is 0. The van der Waals surface area contributed by atoms with Crippen molar-refractivity contribution >= 4 is 22.8 Å². The fourth-order valence-electron chi connectivity index (χ4n) is 4.81. The van der Waals surface area contributed by atoms with Crippen LogP contribution in [-0.4, -0.2) is 33.3 Å². The molecule has 1 unspecified atom stereocenters. The molecule has 39 heavy (non-hydrogen) atoms. The maximum Gasteiger partial charge on any atom is 0.305 e. The summed E-state index contributed by atoms with van der Waals surface area (Å²) < 4.78 is 2.10. The number of aliphatic carboxylic acids is 1. The predicted molar refractivity (Wildman–Crippen MR) is 157 cm³/mol. The fourth-order valence-corrected chi connectivity index (χ4v) is 4.81. The quantitative estimate of drug-likeness (QED) is 0.229. The number of carboxylic acids is 1. The van der Waals surface area contributed by atoms with E-state index >= 15 is 0 Å². The van der Waals surface area contributed by atoms with Crippen LogP contribution >= 0.6 is 0 Å². The average Bonchev–Trinajstić information content (AvgIpc) is 3.31. The molecule has 0 radical (unpaired) electrons. The Balaban J connectivity index is 1.60. The Hall–Kier alpha value is -3.93. The second-order valence-electron chi connectivity index (χ2n) is 11.7. The highest BCUT2D eigenvalue weighted by atomic mass is 16.4. The maximum atomic E-state index is 12.4. The zero-order chi connectivity index (χ0) is 28.2. The van der Waals surface area contributed by atoms with E-state index in [1.54, 1.807) is 12.1 Å². The second-order valence-corrected chi connectivity index (χ2v) is 11.7. The van der Waals surface area contributed by atoms with Crippen LogP contribution in [0.15, 0.2) is 72.9 Å². The summed E-state index contributed by atoms with van der Waals surface area (Å²) in [6, 6.07) is 22.9. The zero-order valence-electron chi connectivity index (χ0n) is 23.6. The number of hydrogen-bond acceptors (Lipinski definition) is 3. The zero-order valence-corrected chi connectivity index (χ0v) is 23.6. The van der Waals surface area contributed by atoms with E-state index in [2.05, 4.69) is 87.1 Å². The largest absolute Gasteiger partial charge is 0.481 e. The third-order valence-corrected chi connectivity index (χ3v) is 7.17. The van der Waals surface area contributed by atoms with E-state index in [1.165, 1.54) is 16.7 Å². The highest BCUT2D eigenvalue weighted by Gasteiger charge is 2.19. The van der Waals surface area contributed by atoms with Gasteiger partial charge in [0, 0.05) is 17.5 Å². The first-order chi connectivity index (χ1) is 18.5. The molecule has 6 nitrogen and oxygen atoms in total. The van der Waals surface area contributed by atoms with Crippen LogP contribution in [0.1, 0.15) is 81.4 Å². The maximum absolute atomic E-state index is 12.4. The van der Waals surface area contributed by atoms with E-state index in [9.17, 15) is 9.59 Å². The first-order valence-corrected chi connectivity index (χ1v) is 13.7. The molecule has 0 aliphatic carbocycles. The standard InChI is InChI=1S/C33H39N3O3/c1-22(2)6-16-29(24-7-9-25(10-8-24)32(39)34-19-18-31(37)38)36-30-17-13-26(20-27(30)21-35-36)23-11-14-28(15-12-23)33(3,4)5/h7-15,17,20-22,29H,6,16,18-19H2,1-5H3,(H,34,39)(H,37,38). The van der Waals surface area contributed by atoms with E-state index in [4.69, 9.17) is 10.2 Å². The Bertz CT molecular complexity index is 1430. The molecule has 0 spiro atoms. The molecule has 1 aromatic heterocycles. The van der Waals surface area contributed by atoms with Crippen molar-refractivity contribution in [2.24, 2.45) is 5.92 Å². The van der Waals surface area contributed by atoms with Gasteiger partial charge in [0.2, 0.25) is 0 Å². The number of fused-ring (bicyclic) bond motifs is 1. The number of rotatable bonds is 10. The number of amides is 1. The molecule has 4 rings (SSSR count). The van der Waals surface area contributed by atoms with Crippen LogP contribution in [0.4, 0.5) is 0 Å². The first kappa shape index (κ1) is 28.1. The molecular formula is C33H39N3O3. The number of carbonyl (C=O) groups excluding carboxylic acids is 1. The van der Waals surface area contributed by atoms with Crippen molar-refractivity contribution in [2.45, 2.75) is 65.3 Å². The van der Waals surface area contributed by atoms with Gasteiger partial charge in [-0.2, -0.15) is 5.10 Å². The van der Waals surface area contributed by atoms with Crippen LogP contribution in [-0.2, 0) is 10.2 Å². The summed E-state index contributed by atoms with van der Waals surface area (Å²) in [5.41, 5.74) is 6.47. The van der Waals surface area contributed by atoms with Crippen molar-refractivity contribution in [3.05, 3.63) is 89.6 Å². The molecule has 0 saturated carbocycles. The molecule has 0 saturated heterocycles. The van der Waals surface area contributed by atoms with Crippen molar-refractivity contribution < 1.29 is 14.7 Å². The SMILES string of the molecule is CC(C)CCC(c1ccc(C(=O)NCCC(=O)O)cc1)n1ncc2cc(-c3ccc(C(C)(C)C)cc3)ccc21. The van der Waals surface area contributed by atoms with Crippen LogP contribution in [0.2, 0.25) is 0 Å². The summed E-state index contributed by atoms with van der Waals surface area (Å²) in [5.74, 6) is -0.652. The number of nitrogens with zero attached hydrogens (tertiary/aromatic N) is 2. The lowest BCUT2D eigenvalue weighted by Crippen LogP contribution is -2.26. The summed E-state index contributed by atoms with van der Waals surface area (Å²) in [4.78, 5) is 23.1. The summed E-state index contributed by atoms with van der Waals surface area (Å²) in [5, 5.41) is 17.4. The van der Waals surface area contributed by atoms with Crippen LogP contribution in [0.5, 0.6) is 0 Å². The van der Waals surface area contributed by atoms with Crippen molar-refractivity contribution in [3.63, 3.8) is 0 Å². The van der Waals surface area contributed by atoms with Crippen molar-refractivity contribution in [3.8, 4) is 11.1 Å². The van der Waals surface area contributed by atoms with Gasteiger partial charge in [-0.05, 0) is 70.7 Å². The summed E-state index contributed by atoms with van der Waals surface area (Å²) in [6.07, 6.45) is 3.81. The van der Waals surface area contributed by atoms with E-state index in [0.29, 0.717) is 11.5 Å². The van der Waals surface area contributed by atoms with E-state index in [0.717, 1.165) is 29.3 Å². The molecule has 2 N–H and O–H groups in total. The number of hydrogen-bond donors (Lipinski definition) is 2. The Kier molecular flexibility index (Phi) is 8.54. The Morgan fingerprint density at radius 1 is 0.923 bits per heavy atom. The smallest absolute Gasteiger partial charge is 0.305 e. The molecule has 1 amide bonds. The summed E-state index contributed by atoms with van der Waals surface area (Å²) >= 11 is 0. The summed E-state index contributed by atoms with van der Waals surface area (Å²) in [6.45, 7) is 11.2.